The van der Waals surface area contributed by atoms with Gasteiger partial charge in [-0.25, -0.2) is 0 Å². The lowest BCUT2D eigenvalue weighted by molar-refractivity contribution is -0.402. The fourth-order valence-electron chi connectivity index (χ4n) is 1.22. The van der Waals surface area contributed by atoms with E-state index < -0.39 is 11.6 Å². The summed E-state index contributed by atoms with van der Waals surface area (Å²) in [6.45, 7) is 0.0426. The Morgan fingerprint density at radius 1 is 1.53 bits per heavy atom. The van der Waals surface area contributed by atoms with Crippen LogP contribution in [0.2, 0.25) is 0 Å². The molecule has 0 aliphatic rings. The summed E-state index contributed by atoms with van der Waals surface area (Å²) in [6.07, 6.45) is 1.74. The van der Waals surface area contributed by atoms with Crippen molar-refractivity contribution in [2.75, 3.05) is 19.1 Å². The quantitative estimate of drug-likeness (QED) is 0.229. The molecule has 1 aromatic rings. The first-order valence-electron chi connectivity index (χ1n) is 5.63. The fourth-order valence-corrected chi connectivity index (χ4v) is 2.73. The van der Waals surface area contributed by atoms with Gasteiger partial charge >= 0.3 is 5.88 Å². The summed E-state index contributed by atoms with van der Waals surface area (Å²) in [4.78, 5) is 9.84. The molecule has 1 aromatic heterocycles. The van der Waals surface area contributed by atoms with Gasteiger partial charge in [-0.3, -0.25) is 14.9 Å². The first kappa shape index (κ1) is 16.5. The smallest absolute Gasteiger partial charge is 0.403 e. The van der Waals surface area contributed by atoms with Crippen molar-refractivity contribution in [1.29, 1.82) is 0 Å². The van der Waals surface area contributed by atoms with Gasteiger partial charge in [-0.2, -0.15) is 0 Å². The monoisotopic (exact) mass is 328 g/mol. The highest BCUT2D eigenvalue weighted by Gasteiger charge is 2.14. The number of alkyl halides is 1. The number of furan rings is 1. The van der Waals surface area contributed by atoms with Crippen LogP contribution in [-0.4, -0.2) is 24.0 Å². The lowest BCUT2D eigenvalue weighted by Crippen LogP contribution is -1.88. The van der Waals surface area contributed by atoms with Crippen molar-refractivity contribution < 1.29 is 13.9 Å². The molecule has 0 aliphatic heterocycles. The van der Waals surface area contributed by atoms with Crippen LogP contribution in [0.1, 0.15) is 18.6 Å². The third kappa shape index (κ3) is 6.43. The van der Waals surface area contributed by atoms with E-state index in [4.69, 9.17) is 31.8 Å². The van der Waals surface area contributed by atoms with Crippen LogP contribution < -0.4 is 0 Å². The number of nitro groups is 1. The van der Waals surface area contributed by atoms with Crippen LogP contribution in [0.3, 0.4) is 0 Å². The Morgan fingerprint density at radius 3 is 2.84 bits per heavy atom. The molecule has 0 aromatic carbocycles. The van der Waals surface area contributed by atoms with Gasteiger partial charge in [-0.05, 0) is 30.1 Å². The van der Waals surface area contributed by atoms with E-state index in [9.17, 15) is 10.1 Å². The molecular weight excluding hydrogens is 314 g/mol. The molecule has 0 saturated heterocycles. The van der Waals surface area contributed by atoms with E-state index in [-0.39, 0.29) is 12.5 Å². The molecule has 0 radical (unpaired) electrons. The number of halogens is 2. The van der Waals surface area contributed by atoms with Crippen LogP contribution in [0.5, 0.6) is 0 Å². The molecule has 1 unspecified atom stereocenters. The molecule has 19 heavy (non-hydrogen) atoms. The van der Waals surface area contributed by atoms with Crippen molar-refractivity contribution in [3.63, 3.8) is 0 Å². The SMILES string of the molecule is CP(Cl)(=NCCCCCl)OCc1ccc([N+](=O)[O-])o1. The molecule has 1 rings (SSSR count). The second-order valence-electron chi connectivity index (χ2n) is 3.81. The average molecular weight is 329 g/mol. The zero-order chi connectivity index (χ0) is 14.3. The fraction of sp³-hybridized carbons (Fsp3) is 0.600. The molecule has 0 bridgehead atoms. The van der Waals surface area contributed by atoms with E-state index in [1.165, 1.54) is 12.1 Å². The topological polar surface area (TPSA) is 77.9 Å². The minimum absolute atomic E-state index is 0.0701. The number of hydrogen-bond acceptors (Lipinski definition) is 5. The van der Waals surface area contributed by atoms with Crippen molar-refractivity contribution in [2.24, 2.45) is 4.74 Å². The van der Waals surface area contributed by atoms with Crippen LogP contribution in [0, 0.1) is 10.1 Å². The Balaban J connectivity index is 2.47. The van der Waals surface area contributed by atoms with Crippen LogP contribution in [0.25, 0.3) is 0 Å². The van der Waals surface area contributed by atoms with Crippen LogP contribution in [0.15, 0.2) is 21.3 Å². The number of hydrogen-bond donors (Lipinski definition) is 0. The maximum absolute atomic E-state index is 10.4. The van der Waals surface area contributed by atoms with E-state index >= 15 is 0 Å². The van der Waals surface area contributed by atoms with E-state index in [1.54, 1.807) is 6.66 Å². The third-order valence-corrected chi connectivity index (χ3v) is 4.35. The zero-order valence-electron chi connectivity index (χ0n) is 10.4. The van der Waals surface area contributed by atoms with Gasteiger partial charge in [-0.15, -0.1) is 11.6 Å². The highest BCUT2D eigenvalue weighted by molar-refractivity contribution is 7.86. The highest BCUT2D eigenvalue weighted by atomic mass is 35.7. The summed E-state index contributed by atoms with van der Waals surface area (Å²) in [6, 6.07) is 2.77. The van der Waals surface area contributed by atoms with Gasteiger partial charge in [0.05, 0.1) is 6.07 Å². The Morgan fingerprint density at radius 2 is 2.26 bits per heavy atom. The summed E-state index contributed by atoms with van der Waals surface area (Å²) in [5.41, 5.74) is 0. The Bertz CT molecular complexity index is 472. The largest absolute Gasteiger partial charge is 0.433 e. The van der Waals surface area contributed by atoms with Gasteiger partial charge in [0.15, 0.2) is 6.63 Å². The average Bonchev–Trinajstić information content (AvgIpc) is 2.81. The molecule has 0 amide bonds. The molecule has 108 valence electrons. The van der Waals surface area contributed by atoms with Crippen molar-refractivity contribution >= 4 is 35.4 Å². The molecular formula is C10H15Cl2N2O4P. The number of nitrogens with zero attached hydrogens (tertiary/aromatic N) is 2. The molecule has 1 atom stereocenters. The summed E-state index contributed by atoms with van der Waals surface area (Å²) >= 11 is 11.7. The Hall–Kier alpha value is -0.550. The molecule has 0 fully saturated rings. The zero-order valence-corrected chi connectivity index (χ0v) is 12.8. The predicted octanol–water partition coefficient (Wildman–Crippen LogP) is 4.62. The Kier molecular flexibility index (Phi) is 6.86. The lowest BCUT2D eigenvalue weighted by Gasteiger charge is -2.11. The van der Waals surface area contributed by atoms with E-state index in [1.807, 2.05) is 0 Å². The molecule has 0 saturated carbocycles. The summed E-state index contributed by atoms with van der Waals surface area (Å²) < 4.78 is 14.7. The second kappa shape index (κ2) is 7.90. The first-order chi connectivity index (χ1) is 8.94. The normalized spacial score (nSPS) is 14.1. The van der Waals surface area contributed by atoms with Gasteiger partial charge < -0.3 is 8.94 Å². The van der Waals surface area contributed by atoms with Crippen molar-refractivity contribution in [2.45, 2.75) is 19.4 Å². The van der Waals surface area contributed by atoms with E-state index in [2.05, 4.69) is 4.74 Å². The van der Waals surface area contributed by atoms with Crippen LogP contribution in [-0.2, 0) is 11.1 Å². The lowest BCUT2D eigenvalue weighted by atomic mass is 10.3. The number of rotatable bonds is 8. The first-order valence-corrected chi connectivity index (χ1v) is 9.18. The predicted molar refractivity (Wildman–Crippen MR) is 76.1 cm³/mol. The van der Waals surface area contributed by atoms with E-state index in [0.717, 1.165) is 12.8 Å². The van der Waals surface area contributed by atoms with Crippen molar-refractivity contribution in [1.82, 2.24) is 0 Å². The van der Waals surface area contributed by atoms with Gasteiger partial charge in [0.1, 0.15) is 17.3 Å². The maximum Gasteiger partial charge on any atom is 0.433 e. The molecule has 0 N–H and O–H groups in total. The summed E-state index contributed by atoms with van der Waals surface area (Å²) in [7, 11) is 0. The third-order valence-electron chi connectivity index (χ3n) is 2.16. The molecule has 0 spiro atoms. The minimum atomic E-state index is -2.34. The summed E-state index contributed by atoms with van der Waals surface area (Å²) in [5, 5.41) is 10.4. The van der Waals surface area contributed by atoms with Crippen molar-refractivity contribution in [3.8, 4) is 0 Å². The molecule has 6 nitrogen and oxygen atoms in total. The van der Waals surface area contributed by atoms with Crippen molar-refractivity contribution in [3.05, 3.63) is 28.0 Å². The molecule has 9 heteroatoms. The van der Waals surface area contributed by atoms with Gasteiger partial charge in [0.25, 0.3) is 0 Å². The maximum atomic E-state index is 10.4. The highest BCUT2D eigenvalue weighted by Crippen LogP contribution is 2.53. The number of unbranched alkanes of at least 4 members (excludes halogenated alkanes) is 1. The van der Waals surface area contributed by atoms with Crippen LogP contribution in [0.4, 0.5) is 5.88 Å². The minimum Gasteiger partial charge on any atom is -0.403 e. The molecule has 0 aliphatic carbocycles. The second-order valence-corrected chi connectivity index (χ2v) is 8.17. The van der Waals surface area contributed by atoms with Crippen LogP contribution >= 0.6 is 29.5 Å². The Labute approximate surface area is 121 Å². The van der Waals surface area contributed by atoms with E-state index in [0.29, 0.717) is 18.2 Å². The van der Waals surface area contributed by atoms with Gasteiger partial charge in [-0.1, -0.05) is 0 Å². The molecule has 1 heterocycles. The van der Waals surface area contributed by atoms with Gasteiger partial charge in [0, 0.05) is 19.1 Å². The standard InChI is InChI=1S/C10H15Cl2N2O4P/c1-19(12,13-7-3-2-6-11)17-8-9-4-5-10(18-9)14(15)16/h4-5H,2-3,6-8H2,1H3. The summed E-state index contributed by atoms with van der Waals surface area (Å²) in [5.74, 6) is 0.644. The van der Waals surface area contributed by atoms with Gasteiger partial charge in [0.2, 0.25) is 0 Å².